The summed E-state index contributed by atoms with van der Waals surface area (Å²) in [7, 11) is 0. The van der Waals surface area contributed by atoms with Crippen molar-refractivity contribution in [1.82, 2.24) is 5.32 Å². The number of hydrogen-bond donors (Lipinski definition) is 3. The maximum atomic E-state index is 9.70. The summed E-state index contributed by atoms with van der Waals surface area (Å²) in [5.41, 5.74) is 4.85. The third kappa shape index (κ3) is 26.3. The molecule has 0 bridgehead atoms. The normalized spacial score (nSPS) is 7.90. The molecule has 0 aliphatic carbocycles. The summed E-state index contributed by atoms with van der Waals surface area (Å²) in [6.07, 6.45) is 0. The van der Waals surface area contributed by atoms with Crippen LogP contribution in [0.3, 0.4) is 0 Å². The first kappa shape index (κ1) is 12.1. The van der Waals surface area contributed by atoms with Crippen LogP contribution in [-0.2, 0) is 4.79 Å². The fraction of sp³-hybridized carbons (Fsp3) is 0.833. The molecule has 4 nitrogen and oxygen atoms in total. The van der Waals surface area contributed by atoms with E-state index in [0.717, 1.165) is 6.54 Å². The Bertz CT molecular complexity index is 76.1. The van der Waals surface area contributed by atoms with Gasteiger partial charge in [-0.3, -0.25) is 4.79 Å². The van der Waals surface area contributed by atoms with Gasteiger partial charge in [-0.15, -0.1) is 0 Å². The van der Waals surface area contributed by atoms with Gasteiger partial charge in [-0.05, 0) is 13.1 Å². The third-order valence-corrected chi connectivity index (χ3v) is 0.526. The first-order valence-corrected chi connectivity index (χ1v) is 3.31. The number of carbonyl (C=O) groups is 1. The summed E-state index contributed by atoms with van der Waals surface area (Å²) < 4.78 is 0. The van der Waals surface area contributed by atoms with E-state index in [1.54, 1.807) is 0 Å². The quantitative estimate of drug-likeness (QED) is 0.511. The molecule has 10 heavy (non-hydrogen) atoms. The summed E-state index contributed by atoms with van der Waals surface area (Å²) in [5.74, 6) is -0.804. The third-order valence-electron chi connectivity index (χ3n) is 0.526. The number of likely N-dealkylation sites (N-methyl/N-ethyl adjacent to an activating group) is 1. The lowest BCUT2D eigenvalue weighted by Crippen LogP contribution is -2.21. The molecule has 4 heteroatoms. The van der Waals surface area contributed by atoms with Crippen LogP contribution in [0, 0.1) is 0 Å². The molecule has 0 aromatic carbocycles. The first-order chi connectivity index (χ1) is 4.68. The van der Waals surface area contributed by atoms with Gasteiger partial charge in [0.15, 0.2) is 0 Å². The molecule has 0 aromatic heterocycles. The second-order valence-corrected chi connectivity index (χ2v) is 1.58. The van der Waals surface area contributed by atoms with E-state index in [2.05, 4.69) is 5.32 Å². The molecule has 0 heterocycles. The Labute approximate surface area is 61.4 Å². The zero-order chi connectivity index (χ0) is 8.41. The average molecular weight is 148 g/mol. The van der Waals surface area contributed by atoms with Crippen molar-refractivity contribution in [3.05, 3.63) is 0 Å². The maximum absolute atomic E-state index is 9.70. The van der Waals surface area contributed by atoms with Gasteiger partial charge in [0.05, 0.1) is 6.54 Å². The van der Waals surface area contributed by atoms with E-state index in [4.69, 9.17) is 10.8 Å². The minimum Gasteiger partial charge on any atom is -0.480 e. The van der Waals surface area contributed by atoms with Crippen molar-refractivity contribution in [2.75, 3.05) is 19.6 Å². The largest absolute Gasteiger partial charge is 0.480 e. The van der Waals surface area contributed by atoms with Gasteiger partial charge in [-0.1, -0.05) is 13.8 Å². The molecule has 0 rings (SSSR count). The van der Waals surface area contributed by atoms with Crippen molar-refractivity contribution in [3.8, 4) is 0 Å². The van der Waals surface area contributed by atoms with Crippen molar-refractivity contribution in [1.29, 1.82) is 0 Å². The number of hydrogen-bond acceptors (Lipinski definition) is 3. The van der Waals surface area contributed by atoms with Crippen LogP contribution in [0.5, 0.6) is 0 Å². The van der Waals surface area contributed by atoms with Crippen LogP contribution in [0.2, 0.25) is 0 Å². The van der Waals surface area contributed by atoms with E-state index in [1.807, 2.05) is 13.8 Å². The molecule has 0 spiro atoms. The highest BCUT2D eigenvalue weighted by Crippen LogP contribution is 1.56. The average Bonchev–Trinajstić information content (AvgIpc) is 1.85. The highest BCUT2D eigenvalue weighted by Gasteiger charge is 1.88. The lowest BCUT2D eigenvalue weighted by Gasteiger charge is -1.90. The van der Waals surface area contributed by atoms with Gasteiger partial charge in [-0.2, -0.15) is 0 Å². The van der Waals surface area contributed by atoms with E-state index >= 15 is 0 Å². The number of nitrogens with two attached hydrogens (primary N) is 1. The molecule has 0 unspecified atom stereocenters. The van der Waals surface area contributed by atoms with Crippen molar-refractivity contribution in [3.63, 3.8) is 0 Å². The molecule has 0 aliphatic rings. The van der Waals surface area contributed by atoms with E-state index in [-0.39, 0.29) is 6.54 Å². The number of nitrogens with one attached hydrogen (secondary N) is 1. The zero-order valence-electron chi connectivity index (χ0n) is 6.55. The van der Waals surface area contributed by atoms with E-state index in [0.29, 0.717) is 6.54 Å². The fourth-order valence-electron chi connectivity index (χ4n) is 0.232. The Morgan fingerprint density at radius 1 is 1.60 bits per heavy atom. The Balaban J connectivity index is 0. The first-order valence-electron chi connectivity index (χ1n) is 3.31. The molecule has 0 aromatic rings. The molecule has 0 radical (unpaired) electrons. The molecule has 0 fully saturated rings. The number of carboxylic acid groups (broad SMARTS) is 1. The second kappa shape index (κ2) is 11.2. The fourth-order valence-corrected chi connectivity index (χ4v) is 0.232. The molecule has 0 saturated heterocycles. The number of carboxylic acids is 1. The lowest BCUT2D eigenvalue weighted by molar-refractivity contribution is -0.135. The molecule has 4 N–H and O–H groups in total. The highest BCUT2D eigenvalue weighted by atomic mass is 16.4. The van der Waals surface area contributed by atoms with Crippen LogP contribution in [0.25, 0.3) is 0 Å². The standard InChI is InChI=1S/C4H9NO2.C2H7N/c1-2-5-3-4(6)7;1-2-3/h5H,2-3H2,1H3,(H,6,7);2-3H2,1H3. The zero-order valence-corrected chi connectivity index (χ0v) is 6.55. The number of rotatable bonds is 3. The van der Waals surface area contributed by atoms with Crippen LogP contribution < -0.4 is 11.1 Å². The molecule has 0 saturated carbocycles. The van der Waals surface area contributed by atoms with Crippen LogP contribution in [0.4, 0.5) is 0 Å². The lowest BCUT2D eigenvalue weighted by atomic mass is 10.6. The van der Waals surface area contributed by atoms with Crippen LogP contribution in [0.15, 0.2) is 0 Å². The molecular formula is C6H16N2O2. The van der Waals surface area contributed by atoms with E-state index in [9.17, 15) is 4.79 Å². The summed E-state index contributed by atoms with van der Waals surface area (Å²) in [5, 5.41) is 10.6. The van der Waals surface area contributed by atoms with Gasteiger partial charge in [0.25, 0.3) is 0 Å². The van der Waals surface area contributed by atoms with Crippen molar-refractivity contribution in [2.24, 2.45) is 5.73 Å². The van der Waals surface area contributed by atoms with Crippen molar-refractivity contribution in [2.45, 2.75) is 13.8 Å². The summed E-state index contributed by atoms with van der Waals surface area (Å²) in [6, 6.07) is 0. The summed E-state index contributed by atoms with van der Waals surface area (Å²) >= 11 is 0. The minimum atomic E-state index is -0.804. The smallest absolute Gasteiger partial charge is 0.317 e. The monoisotopic (exact) mass is 148 g/mol. The molecule has 0 atom stereocenters. The van der Waals surface area contributed by atoms with Gasteiger partial charge >= 0.3 is 5.97 Å². The molecule has 62 valence electrons. The van der Waals surface area contributed by atoms with E-state index in [1.165, 1.54) is 0 Å². The Kier molecular flexibility index (Phi) is 13.6. The van der Waals surface area contributed by atoms with Crippen LogP contribution in [-0.4, -0.2) is 30.7 Å². The van der Waals surface area contributed by atoms with Gasteiger partial charge in [0, 0.05) is 0 Å². The van der Waals surface area contributed by atoms with Gasteiger partial charge in [0.2, 0.25) is 0 Å². The summed E-state index contributed by atoms with van der Waals surface area (Å²) in [6.45, 7) is 5.30. The number of aliphatic carboxylic acids is 1. The van der Waals surface area contributed by atoms with Gasteiger partial charge in [0.1, 0.15) is 0 Å². The van der Waals surface area contributed by atoms with Crippen LogP contribution >= 0.6 is 0 Å². The molecule has 0 amide bonds. The SMILES string of the molecule is CCN.CCNCC(=O)O. The maximum Gasteiger partial charge on any atom is 0.317 e. The summed E-state index contributed by atoms with van der Waals surface area (Å²) in [4.78, 5) is 9.70. The molecular weight excluding hydrogens is 132 g/mol. The van der Waals surface area contributed by atoms with E-state index < -0.39 is 5.97 Å². The van der Waals surface area contributed by atoms with Gasteiger partial charge in [-0.25, -0.2) is 0 Å². The topological polar surface area (TPSA) is 75.3 Å². The minimum absolute atomic E-state index is 0.0660. The molecule has 0 aliphatic heterocycles. The Morgan fingerprint density at radius 2 is 2.00 bits per heavy atom. The van der Waals surface area contributed by atoms with Gasteiger partial charge < -0.3 is 16.2 Å². The Hall–Kier alpha value is -0.610. The van der Waals surface area contributed by atoms with Crippen molar-refractivity contribution >= 4 is 5.97 Å². The predicted molar refractivity (Wildman–Crippen MR) is 40.9 cm³/mol. The van der Waals surface area contributed by atoms with Crippen molar-refractivity contribution < 1.29 is 9.90 Å². The predicted octanol–water partition coefficient (Wildman–Crippen LogP) is -0.354. The Morgan fingerprint density at radius 3 is 2.10 bits per heavy atom. The highest BCUT2D eigenvalue weighted by molar-refractivity contribution is 5.68. The van der Waals surface area contributed by atoms with Crippen LogP contribution in [0.1, 0.15) is 13.8 Å². The second-order valence-electron chi connectivity index (χ2n) is 1.58.